The highest BCUT2D eigenvalue weighted by Gasteiger charge is 2.25. The second-order valence-corrected chi connectivity index (χ2v) is 13.9. The maximum Gasteiger partial charge on any atom is 0.272 e. The van der Waals surface area contributed by atoms with Gasteiger partial charge in [0, 0.05) is 27.1 Å². The topological polar surface area (TPSA) is 120 Å². The van der Waals surface area contributed by atoms with E-state index in [-0.39, 0.29) is 11.6 Å². The molecular weight excluding hydrogens is 701 g/mol. The van der Waals surface area contributed by atoms with Gasteiger partial charge in [0.25, 0.3) is 11.8 Å². The minimum absolute atomic E-state index is 0.0397. The first kappa shape index (κ1) is 36.4. The number of carbonyl (C=O) groups is 3. The number of hydrogen-bond acceptors (Lipinski definition) is 7. The number of nitrogens with one attached hydrogen (secondary N) is 3. The van der Waals surface area contributed by atoms with Crippen LogP contribution in [0.2, 0.25) is 0 Å². The standard InChI is InChI=1S/C43H34N4O4S2/c1-28-16-20-30(21-17-28)37-27-52-43(36(37)26-44)47-42(50)39(31-10-5-3-6-11-31)53-35-15-9-14-33(25-35)45-41(49)38(24-29-18-22-34(51-2)23-19-29)46-40(48)32-12-7-4-8-13-32/h3-25,27,39H,1-2H3,(H,45,49)(H,46,48)(H,47,50)/b38-24+. The number of nitrogens with zero attached hydrogens (tertiary/aromatic N) is 1. The molecule has 0 bridgehead atoms. The lowest BCUT2D eigenvalue weighted by Crippen LogP contribution is -2.30. The van der Waals surface area contributed by atoms with Crippen LogP contribution >= 0.6 is 23.1 Å². The van der Waals surface area contributed by atoms with E-state index in [1.165, 1.54) is 23.1 Å². The zero-order valence-corrected chi connectivity index (χ0v) is 30.5. The van der Waals surface area contributed by atoms with Crippen molar-refractivity contribution in [1.29, 1.82) is 5.26 Å². The summed E-state index contributed by atoms with van der Waals surface area (Å²) in [5.41, 5.74) is 5.55. The second-order valence-electron chi connectivity index (χ2n) is 11.9. The van der Waals surface area contributed by atoms with Gasteiger partial charge in [-0.25, -0.2) is 0 Å². The highest BCUT2D eigenvalue weighted by Crippen LogP contribution is 2.40. The van der Waals surface area contributed by atoms with E-state index in [2.05, 4.69) is 22.0 Å². The molecule has 1 heterocycles. The molecule has 0 saturated heterocycles. The number of methoxy groups -OCH3 is 1. The Morgan fingerprint density at radius 2 is 1.53 bits per heavy atom. The number of rotatable bonds is 12. The molecule has 0 aliphatic rings. The van der Waals surface area contributed by atoms with E-state index >= 15 is 0 Å². The van der Waals surface area contributed by atoms with E-state index < -0.39 is 17.1 Å². The molecule has 5 aromatic carbocycles. The molecule has 262 valence electrons. The lowest BCUT2D eigenvalue weighted by Gasteiger charge is -2.17. The Morgan fingerprint density at radius 1 is 0.830 bits per heavy atom. The summed E-state index contributed by atoms with van der Waals surface area (Å²) >= 11 is 2.62. The molecule has 1 aromatic heterocycles. The van der Waals surface area contributed by atoms with Gasteiger partial charge in [0.2, 0.25) is 5.91 Å². The minimum atomic E-state index is -0.686. The molecular formula is C43H34N4O4S2. The highest BCUT2D eigenvalue weighted by atomic mass is 32.2. The number of aryl methyl sites for hydroxylation is 1. The average molecular weight is 735 g/mol. The van der Waals surface area contributed by atoms with Gasteiger partial charge >= 0.3 is 0 Å². The van der Waals surface area contributed by atoms with Crippen LogP contribution in [0.4, 0.5) is 10.7 Å². The molecule has 1 unspecified atom stereocenters. The summed E-state index contributed by atoms with van der Waals surface area (Å²) in [5, 5.41) is 20.4. The fourth-order valence-electron chi connectivity index (χ4n) is 5.38. The lowest BCUT2D eigenvalue weighted by atomic mass is 10.0. The lowest BCUT2D eigenvalue weighted by molar-refractivity contribution is -0.116. The van der Waals surface area contributed by atoms with Crippen molar-refractivity contribution in [3.8, 4) is 22.9 Å². The zero-order chi connectivity index (χ0) is 37.2. The van der Waals surface area contributed by atoms with Crippen LogP contribution in [0, 0.1) is 18.3 Å². The largest absolute Gasteiger partial charge is 0.497 e. The number of thiophene rings is 1. The van der Waals surface area contributed by atoms with Crippen LogP contribution in [0.3, 0.4) is 0 Å². The molecule has 3 N–H and O–H groups in total. The molecule has 0 radical (unpaired) electrons. The minimum Gasteiger partial charge on any atom is -0.497 e. The van der Waals surface area contributed by atoms with Gasteiger partial charge in [0.1, 0.15) is 27.8 Å². The molecule has 0 aliphatic carbocycles. The Kier molecular flexibility index (Phi) is 11.8. The van der Waals surface area contributed by atoms with Crippen molar-refractivity contribution in [2.45, 2.75) is 17.1 Å². The maximum absolute atomic E-state index is 14.0. The van der Waals surface area contributed by atoms with Gasteiger partial charge in [-0.15, -0.1) is 23.1 Å². The van der Waals surface area contributed by atoms with Gasteiger partial charge in [-0.3, -0.25) is 14.4 Å². The van der Waals surface area contributed by atoms with Crippen molar-refractivity contribution in [2.75, 3.05) is 17.7 Å². The van der Waals surface area contributed by atoms with E-state index in [0.717, 1.165) is 22.3 Å². The van der Waals surface area contributed by atoms with Gasteiger partial charge in [-0.05, 0) is 72.2 Å². The van der Waals surface area contributed by atoms with Gasteiger partial charge in [-0.1, -0.05) is 96.6 Å². The summed E-state index contributed by atoms with van der Waals surface area (Å²) in [6.45, 7) is 2.00. The van der Waals surface area contributed by atoms with Crippen molar-refractivity contribution in [3.05, 3.63) is 172 Å². The molecule has 6 rings (SSSR count). The van der Waals surface area contributed by atoms with Gasteiger partial charge in [0.15, 0.2) is 0 Å². The summed E-state index contributed by atoms with van der Waals surface area (Å²) in [7, 11) is 1.57. The number of nitriles is 1. The monoisotopic (exact) mass is 734 g/mol. The van der Waals surface area contributed by atoms with Crippen LogP contribution in [0.1, 0.15) is 37.9 Å². The summed E-state index contributed by atoms with van der Waals surface area (Å²) in [4.78, 5) is 41.6. The number of ether oxygens (including phenoxy) is 1. The van der Waals surface area contributed by atoms with Crippen molar-refractivity contribution in [2.24, 2.45) is 0 Å². The zero-order valence-electron chi connectivity index (χ0n) is 28.8. The number of amides is 3. The number of hydrogen-bond donors (Lipinski definition) is 3. The molecule has 8 nitrogen and oxygen atoms in total. The molecule has 1 atom stereocenters. The number of benzene rings is 5. The first-order chi connectivity index (χ1) is 25.8. The maximum atomic E-state index is 14.0. The molecule has 3 amide bonds. The van der Waals surface area contributed by atoms with Crippen molar-refractivity contribution >= 4 is 57.6 Å². The van der Waals surface area contributed by atoms with E-state index in [1.807, 2.05) is 79.0 Å². The van der Waals surface area contributed by atoms with Crippen LogP contribution in [0.15, 0.2) is 149 Å². The van der Waals surface area contributed by atoms with Crippen LogP contribution in [0.5, 0.6) is 5.75 Å². The Labute approximate surface area is 316 Å². The van der Waals surface area contributed by atoms with E-state index in [1.54, 1.807) is 79.9 Å². The molecule has 0 fully saturated rings. The molecule has 53 heavy (non-hydrogen) atoms. The summed E-state index contributed by atoms with van der Waals surface area (Å²) in [5.74, 6) is -0.600. The predicted molar refractivity (Wildman–Crippen MR) is 213 cm³/mol. The molecule has 0 aliphatic heterocycles. The van der Waals surface area contributed by atoms with E-state index in [0.29, 0.717) is 38.0 Å². The first-order valence-corrected chi connectivity index (χ1v) is 18.3. The number of thioether (sulfide) groups is 1. The fourth-order valence-corrected chi connectivity index (χ4v) is 7.38. The van der Waals surface area contributed by atoms with Crippen molar-refractivity contribution in [1.82, 2.24) is 5.32 Å². The third-order valence-electron chi connectivity index (χ3n) is 8.14. The number of anilines is 2. The fraction of sp³-hybridized carbons (Fsp3) is 0.0698. The molecule has 0 spiro atoms. The third kappa shape index (κ3) is 9.28. The highest BCUT2D eigenvalue weighted by molar-refractivity contribution is 8.00. The van der Waals surface area contributed by atoms with Crippen LogP contribution in [-0.4, -0.2) is 24.8 Å². The molecule has 6 aromatic rings. The Hall–Kier alpha value is -6.41. The Bertz CT molecular complexity index is 2300. The van der Waals surface area contributed by atoms with Crippen LogP contribution in [-0.2, 0) is 9.59 Å². The van der Waals surface area contributed by atoms with Crippen molar-refractivity contribution < 1.29 is 19.1 Å². The van der Waals surface area contributed by atoms with Gasteiger partial charge in [-0.2, -0.15) is 5.26 Å². The average Bonchev–Trinajstić information content (AvgIpc) is 3.60. The Balaban J connectivity index is 1.23. The van der Waals surface area contributed by atoms with E-state index in [9.17, 15) is 19.6 Å². The summed E-state index contributed by atoms with van der Waals surface area (Å²) in [6.07, 6.45) is 1.59. The van der Waals surface area contributed by atoms with Crippen LogP contribution < -0.4 is 20.7 Å². The third-order valence-corrected chi connectivity index (χ3v) is 10.3. The van der Waals surface area contributed by atoms with E-state index in [4.69, 9.17) is 4.74 Å². The summed E-state index contributed by atoms with van der Waals surface area (Å²) < 4.78 is 5.26. The van der Waals surface area contributed by atoms with Crippen molar-refractivity contribution in [3.63, 3.8) is 0 Å². The first-order valence-electron chi connectivity index (χ1n) is 16.6. The molecule has 10 heteroatoms. The Morgan fingerprint density at radius 3 is 2.21 bits per heavy atom. The normalized spacial score (nSPS) is 11.5. The smallest absolute Gasteiger partial charge is 0.272 e. The predicted octanol–water partition coefficient (Wildman–Crippen LogP) is 9.49. The number of carbonyl (C=O) groups excluding carboxylic acids is 3. The molecule has 0 saturated carbocycles. The SMILES string of the molecule is COc1ccc(/C=C(/NC(=O)c2ccccc2)C(=O)Nc2cccc(SC(C(=O)Nc3scc(-c4ccc(C)cc4)c3C#N)c3ccccc3)c2)cc1. The second kappa shape index (κ2) is 17.2. The van der Waals surface area contributed by atoms with Gasteiger partial charge in [0.05, 0.1) is 12.7 Å². The van der Waals surface area contributed by atoms with Crippen LogP contribution in [0.25, 0.3) is 17.2 Å². The quantitative estimate of drug-likeness (QED) is 0.0851. The van der Waals surface area contributed by atoms with Gasteiger partial charge < -0.3 is 20.7 Å². The summed E-state index contributed by atoms with van der Waals surface area (Å²) in [6, 6.07) is 42.5.